The van der Waals surface area contributed by atoms with Crippen LogP contribution < -0.4 is 14.8 Å². The van der Waals surface area contributed by atoms with Crippen LogP contribution in [-0.2, 0) is 0 Å². The molecule has 1 N–H and O–H groups in total. The Morgan fingerprint density at radius 3 is 2.73 bits per heavy atom. The Hall–Kier alpha value is -1.29. The topological polar surface area (TPSA) is 43.4 Å². The van der Waals surface area contributed by atoms with E-state index in [1.807, 2.05) is 13.0 Å². The van der Waals surface area contributed by atoms with Gasteiger partial charge in [0.25, 0.3) is 0 Å². The predicted molar refractivity (Wildman–Crippen MR) is 57.3 cm³/mol. The third-order valence-electron chi connectivity index (χ3n) is 2.38. The van der Waals surface area contributed by atoms with Crippen molar-refractivity contribution < 1.29 is 9.47 Å². The van der Waals surface area contributed by atoms with Gasteiger partial charge in [-0.25, -0.2) is 0 Å². The summed E-state index contributed by atoms with van der Waals surface area (Å²) in [6, 6.07) is 2.37. The van der Waals surface area contributed by atoms with Gasteiger partial charge >= 0.3 is 0 Å². The molecule has 15 heavy (non-hydrogen) atoms. The molecule has 1 atom stereocenters. The molecule has 4 nitrogen and oxygen atoms in total. The maximum absolute atomic E-state index is 5.59. The Bertz CT molecular complexity index is 313. The van der Waals surface area contributed by atoms with Crippen molar-refractivity contribution in [2.45, 2.75) is 19.4 Å². The van der Waals surface area contributed by atoms with Gasteiger partial charge in [0.1, 0.15) is 18.1 Å². The van der Waals surface area contributed by atoms with E-state index >= 15 is 0 Å². The quantitative estimate of drug-likeness (QED) is 0.790. The molecule has 0 amide bonds. The summed E-state index contributed by atoms with van der Waals surface area (Å²) in [6.07, 6.45) is 4.59. The Morgan fingerprint density at radius 1 is 1.40 bits per heavy atom. The molecule has 0 aliphatic carbocycles. The summed E-state index contributed by atoms with van der Waals surface area (Å²) in [5, 5.41) is 3.28. The van der Waals surface area contributed by atoms with Crippen molar-refractivity contribution in [3.63, 3.8) is 0 Å². The zero-order valence-corrected chi connectivity index (χ0v) is 8.90. The van der Waals surface area contributed by atoms with E-state index in [1.54, 1.807) is 12.4 Å². The van der Waals surface area contributed by atoms with Gasteiger partial charge < -0.3 is 14.8 Å². The van der Waals surface area contributed by atoms with Crippen LogP contribution in [-0.4, -0.2) is 30.8 Å². The molecule has 1 aromatic heterocycles. The average molecular weight is 208 g/mol. The Morgan fingerprint density at radius 2 is 2.13 bits per heavy atom. The molecule has 0 saturated carbocycles. The van der Waals surface area contributed by atoms with E-state index in [9.17, 15) is 0 Å². The lowest BCUT2D eigenvalue weighted by Gasteiger charge is -2.27. The molecule has 0 radical (unpaired) electrons. The van der Waals surface area contributed by atoms with Gasteiger partial charge in [-0.15, -0.1) is 0 Å². The van der Waals surface area contributed by atoms with Crippen molar-refractivity contribution in [3.05, 3.63) is 18.5 Å². The maximum atomic E-state index is 5.59. The molecule has 0 bridgehead atoms. The van der Waals surface area contributed by atoms with Crippen molar-refractivity contribution in [2.75, 3.05) is 19.8 Å². The van der Waals surface area contributed by atoms with Crippen molar-refractivity contribution in [2.24, 2.45) is 0 Å². The molecule has 4 heteroatoms. The largest absolute Gasteiger partial charge is 0.492 e. The Kier molecular flexibility index (Phi) is 3.40. The molecule has 0 unspecified atom stereocenters. The molecule has 1 aliphatic rings. The molecular weight excluding hydrogens is 192 g/mol. The van der Waals surface area contributed by atoms with Gasteiger partial charge in [-0.1, -0.05) is 0 Å². The van der Waals surface area contributed by atoms with E-state index in [2.05, 4.69) is 10.3 Å². The summed E-state index contributed by atoms with van der Waals surface area (Å²) in [4.78, 5) is 4.05. The first-order valence-electron chi connectivity index (χ1n) is 5.32. The Balaban J connectivity index is 1.86. The molecule has 2 heterocycles. The van der Waals surface area contributed by atoms with Crippen LogP contribution in [0.4, 0.5) is 0 Å². The first-order chi connectivity index (χ1) is 7.38. The van der Waals surface area contributed by atoms with Crippen molar-refractivity contribution in [1.29, 1.82) is 0 Å². The summed E-state index contributed by atoms with van der Waals surface area (Å²) in [7, 11) is 0. The lowest BCUT2D eigenvalue weighted by molar-refractivity contribution is 0.216. The Labute approximate surface area is 89.6 Å². The highest BCUT2D eigenvalue weighted by Crippen LogP contribution is 2.18. The van der Waals surface area contributed by atoms with Crippen LogP contribution in [0.25, 0.3) is 0 Å². The summed E-state index contributed by atoms with van der Waals surface area (Å²) >= 11 is 0. The minimum Gasteiger partial charge on any atom is -0.492 e. The van der Waals surface area contributed by atoms with Crippen molar-refractivity contribution in [1.82, 2.24) is 10.3 Å². The fourth-order valence-corrected chi connectivity index (χ4v) is 1.41. The van der Waals surface area contributed by atoms with Gasteiger partial charge in [-0.05, 0) is 19.9 Å². The third-order valence-corrected chi connectivity index (χ3v) is 2.38. The lowest BCUT2D eigenvalue weighted by atomic mass is 10.1. The number of hydrogen-bond donors (Lipinski definition) is 1. The van der Waals surface area contributed by atoms with Gasteiger partial charge in [0, 0.05) is 12.1 Å². The number of pyridine rings is 1. The van der Waals surface area contributed by atoms with Crippen LogP contribution in [0.2, 0.25) is 0 Å². The minimum absolute atomic E-state index is 0.501. The molecular formula is C11H16N2O2. The monoisotopic (exact) mass is 208 g/mol. The average Bonchev–Trinajstić information content (AvgIpc) is 2.16. The number of aromatic nitrogens is 1. The number of nitrogens with zero attached hydrogens (tertiary/aromatic N) is 1. The smallest absolute Gasteiger partial charge is 0.141 e. The van der Waals surface area contributed by atoms with Crippen LogP contribution >= 0.6 is 0 Å². The number of ether oxygens (including phenoxy) is 2. The molecule has 1 aromatic rings. The summed E-state index contributed by atoms with van der Waals surface area (Å²) < 4.78 is 10.9. The summed E-state index contributed by atoms with van der Waals surface area (Å²) in [5.74, 6) is 1.53. The molecule has 82 valence electrons. The molecule has 1 fully saturated rings. The van der Waals surface area contributed by atoms with Gasteiger partial charge in [0.15, 0.2) is 0 Å². The molecule has 0 spiro atoms. The minimum atomic E-state index is 0.501. The van der Waals surface area contributed by atoms with Crippen LogP contribution in [0, 0.1) is 0 Å². The highest BCUT2D eigenvalue weighted by Gasteiger charge is 2.16. The van der Waals surface area contributed by atoms with Crippen molar-refractivity contribution in [3.8, 4) is 11.5 Å². The van der Waals surface area contributed by atoms with E-state index in [0.29, 0.717) is 19.3 Å². The lowest BCUT2D eigenvalue weighted by Crippen LogP contribution is -2.46. The van der Waals surface area contributed by atoms with Gasteiger partial charge in [-0.2, -0.15) is 0 Å². The second kappa shape index (κ2) is 4.98. The summed E-state index contributed by atoms with van der Waals surface area (Å²) in [5.41, 5.74) is 0. The zero-order chi connectivity index (χ0) is 10.5. The first kappa shape index (κ1) is 10.2. The van der Waals surface area contributed by atoms with Crippen LogP contribution in [0.1, 0.15) is 13.3 Å². The molecule has 0 aromatic carbocycles. The van der Waals surface area contributed by atoms with E-state index in [0.717, 1.165) is 18.0 Å². The number of nitrogens with one attached hydrogen (secondary N) is 1. The van der Waals surface area contributed by atoms with E-state index in [1.165, 1.54) is 6.42 Å². The SMILES string of the molecule is CCOc1cncc(OC[C@@H]2CCN2)c1. The van der Waals surface area contributed by atoms with Gasteiger partial charge in [0.2, 0.25) is 0 Å². The first-order valence-corrected chi connectivity index (χ1v) is 5.32. The van der Waals surface area contributed by atoms with E-state index in [4.69, 9.17) is 9.47 Å². The fourth-order valence-electron chi connectivity index (χ4n) is 1.41. The van der Waals surface area contributed by atoms with Crippen LogP contribution in [0.15, 0.2) is 18.5 Å². The standard InChI is InChI=1S/C11H16N2O2/c1-2-14-10-5-11(7-12-6-10)15-8-9-3-4-13-9/h5-7,9,13H,2-4,8H2,1H3/t9-/m0/s1. The highest BCUT2D eigenvalue weighted by molar-refractivity contribution is 5.28. The van der Waals surface area contributed by atoms with E-state index in [-0.39, 0.29) is 0 Å². The van der Waals surface area contributed by atoms with Crippen LogP contribution in [0.3, 0.4) is 0 Å². The predicted octanol–water partition coefficient (Wildman–Crippen LogP) is 1.22. The van der Waals surface area contributed by atoms with Gasteiger partial charge in [-0.3, -0.25) is 4.98 Å². The van der Waals surface area contributed by atoms with Gasteiger partial charge in [0.05, 0.1) is 19.0 Å². The highest BCUT2D eigenvalue weighted by atomic mass is 16.5. The maximum Gasteiger partial charge on any atom is 0.141 e. The normalized spacial score (nSPS) is 19.4. The number of hydrogen-bond acceptors (Lipinski definition) is 4. The number of rotatable bonds is 5. The summed E-state index contributed by atoms with van der Waals surface area (Å²) in [6.45, 7) is 4.41. The second-order valence-corrected chi connectivity index (χ2v) is 3.54. The van der Waals surface area contributed by atoms with E-state index < -0.39 is 0 Å². The molecule has 1 saturated heterocycles. The van der Waals surface area contributed by atoms with Crippen LogP contribution in [0.5, 0.6) is 11.5 Å². The van der Waals surface area contributed by atoms with Crippen molar-refractivity contribution >= 4 is 0 Å². The molecule has 1 aliphatic heterocycles. The zero-order valence-electron chi connectivity index (χ0n) is 8.90. The molecule has 2 rings (SSSR count). The third kappa shape index (κ3) is 2.83. The fraction of sp³-hybridized carbons (Fsp3) is 0.545. The second-order valence-electron chi connectivity index (χ2n) is 3.54.